The van der Waals surface area contributed by atoms with E-state index in [2.05, 4.69) is 22.1 Å². The van der Waals surface area contributed by atoms with E-state index < -0.39 is 0 Å². The van der Waals surface area contributed by atoms with Gasteiger partial charge in [-0.05, 0) is 36.8 Å². The highest BCUT2D eigenvalue weighted by Gasteiger charge is 2.22. The maximum atomic E-state index is 9.95. The summed E-state index contributed by atoms with van der Waals surface area (Å²) in [6.45, 7) is 2.89. The highest BCUT2D eigenvalue weighted by molar-refractivity contribution is 7.99. The van der Waals surface area contributed by atoms with Gasteiger partial charge in [-0.25, -0.2) is 4.98 Å². The summed E-state index contributed by atoms with van der Waals surface area (Å²) in [7, 11) is 1.61. The van der Waals surface area contributed by atoms with Crippen LogP contribution in [0.1, 0.15) is 29.0 Å². The molecule has 0 radical (unpaired) electrons. The molecule has 2 aromatic heterocycles. The van der Waals surface area contributed by atoms with Crippen molar-refractivity contribution >= 4 is 17.6 Å². The first kappa shape index (κ1) is 22.1. The number of anilines is 1. The monoisotopic (exact) mass is 431 g/mol. The summed E-state index contributed by atoms with van der Waals surface area (Å²) in [6.07, 6.45) is 1.72. The summed E-state index contributed by atoms with van der Waals surface area (Å²) >= 11 is 1.38. The zero-order valence-corrected chi connectivity index (χ0v) is 18.0. The third-order valence-electron chi connectivity index (χ3n) is 4.51. The van der Waals surface area contributed by atoms with E-state index >= 15 is 0 Å². The zero-order chi connectivity index (χ0) is 22.2. The van der Waals surface area contributed by atoms with Gasteiger partial charge in [0, 0.05) is 18.9 Å². The fraction of sp³-hybridized carbons (Fsp3) is 0.217. The predicted octanol–water partition coefficient (Wildman–Crippen LogP) is 4.35. The van der Waals surface area contributed by atoms with E-state index in [4.69, 9.17) is 15.2 Å². The molecule has 0 aliphatic heterocycles. The molecule has 0 amide bonds. The summed E-state index contributed by atoms with van der Waals surface area (Å²) < 4.78 is 10.6. The molecule has 0 saturated heterocycles. The van der Waals surface area contributed by atoms with Crippen molar-refractivity contribution in [2.24, 2.45) is 0 Å². The van der Waals surface area contributed by atoms with Crippen LogP contribution >= 0.6 is 11.8 Å². The van der Waals surface area contributed by atoms with Crippen molar-refractivity contribution in [1.29, 1.82) is 10.5 Å². The second-order valence-electron chi connectivity index (χ2n) is 6.53. The van der Waals surface area contributed by atoms with Crippen LogP contribution in [0.25, 0.3) is 11.1 Å². The minimum Gasteiger partial charge on any atom is -0.491 e. The Kier molecular flexibility index (Phi) is 7.45. The number of pyridine rings is 2. The molecule has 0 fully saturated rings. The van der Waals surface area contributed by atoms with Crippen LogP contribution in [0.4, 0.5) is 5.82 Å². The van der Waals surface area contributed by atoms with Crippen LogP contribution < -0.4 is 10.5 Å². The molecule has 0 unspecified atom stereocenters. The van der Waals surface area contributed by atoms with Crippen LogP contribution in [0.3, 0.4) is 0 Å². The number of nitriles is 2. The third-order valence-corrected chi connectivity index (χ3v) is 5.62. The fourth-order valence-electron chi connectivity index (χ4n) is 2.98. The summed E-state index contributed by atoms with van der Waals surface area (Å²) in [5.41, 5.74) is 8.62. The Morgan fingerprint density at radius 3 is 2.42 bits per heavy atom. The van der Waals surface area contributed by atoms with Gasteiger partial charge in [-0.2, -0.15) is 10.5 Å². The average Bonchev–Trinajstić information content (AvgIpc) is 2.80. The van der Waals surface area contributed by atoms with Gasteiger partial charge in [0.05, 0.1) is 23.1 Å². The zero-order valence-electron chi connectivity index (χ0n) is 17.2. The van der Waals surface area contributed by atoms with Crippen LogP contribution in [-0.4, -0.2) is 30.3 Å². The van der Waals surface area contributed by atoms with E-state index in [1.165, 1.54) is 11.8 Å². The number of benzene rings is 1. The molecule has 156 valence electrons. The van der Waals surface area contributed by atoms with Crippen molar-refractivity contribution in [2.45, 2.75) is 17.2 Å². The molecule has 2 heterocycles. The molecular formula is C23H21N5O2S. The average molecular weight is 432 g/mol. The molecule has 0 spiro atoms. The van der Waals surface area contributed by atoms with Crippen LogP contribution in [0, 0.1) is 22.7 Å². The van der Waals surface area contributed by atoms with E-state index in [9.17, 15) is 10.5 Å². The Balaban J connectivity index is 2.01. The lowest BCUT2D eigenvalue weighted by Gasteiger charge is -2.16. The minimum atomic E-state index is -0.0578. The van der Waals surface area contributed by atoms with Gasteiger partial charge in [0.1, 0.15) is 40.9 Å². The van der Waals surface area contributed by atoms with Crippen molar-refractivity contribution < 1.29 is 9.47 Å². The third kappa shape index (κ3) is 5.13. The van der Waals surface area contributed by atoms with Gasteiger partial charge in [-0.3, -0.25) is 4.98 Å². The second-order valence-corrected chi connectivity index (χ2v) is 7.86. The van der Waals surface area contributed by atoms with E-state index in [0.29, 0.717) is 40.7 Å². The molecule has 1 aromatic carbocycles. The van der Waals surface area contributed by atoms with E-state index in [-0.39, 0.29) is 16.6 Å². The second kappa shape index (κ2) is 10.4. The maximum Gasteiger partial charge on any atom is 0.143 e. The molecule has 8 heteroatoms. The topological polar surface area (TPSA) is 118 Å². The molecule has 7 nitrogen and oxygen atoms in total. The molecule has 0 saturated carbocycles. The smallest absolute Gasteiger partial charge is 0.143 e. The first-order valence-corrected chi connectivity index (χ1v) is 10.4. The Labute approximate surface area is 185 Å². The molecule has 0 aliphatic carbocycles. The number of thioether (sulfide) groups is 1. The molecule has 0 bridgehead atoms. The number of nitrogens with two attached hydrogens (primary N) is 1. The van der Waals surface area contributed by atoms with E-state index in [1.807, 2.05) is 25.1 Å². The Hall–Kier alpha value is -3.59. The number of hydrogen-bond donors (Lipinski definition) is 1. The van der Waals surface area contributed by atoms with Crippen molar-refractivity contribution in [3.05, 3.63) is 65.5 Å². The van der Waals surface area contributed by atoms with Gasteiger partial charge in [0.2, 0.25) is 0 Å². The van der Waals surface area contributed by atoms with Crippen molar-refractivity contribution in [1.82, 2.24) is 9.97 Å². The number of nitrogen functional groups attached to an aromatic ring is 1. The molecule has 31 heavy (non-hydrogen) atoms. The van der Waals surface area contributed by atoms with Gasteiger partial charge in [-0.15, -0.1) is 0 Å². The normalized spacial score (nSPS) is 11.4. The lowest BCUT2D eigenvalue weighted by Crippen LogP contribution is -2.05. The highest BCUT2D eigenvalue weighted by Crippen LogP contribution is 2.40. The maximum absolute atomic E-state index is 9.95. The van der Waals surface area contributed by atoms with Gasteiger partial charge in [-0.1, -0.05) is 30.0 Å². The summed E-state index contributed by atoms with van der Waals surface area (Å²) in [4.78, 5) is 8.73. The number of nitrogens with zero attached hydrogens (tertiary/aromatic N) is 4. The van der Waals surface area contributed by atoms with E-state index in [1.54, 1.807) is 37.6 Å². The van der Waals surface area contributed by atoms with Crippen molar-refractivity contribution in [2.75, 3.05) is 26.1 Å². The van der Waals surface area contributed by atoms with Gasteiger partial charge >= 0.3 is 0 Å². The van der Waals surface area contributed by atoms with Crippen LogP contribution in [0.5, 0.6) is 5.75 Å². The molecule has 2 N–H and O–H groups in total. The van der Waals surface area contributed by atoms with Crippen LogP contribution in [0.2, 0.25) is 0 Å². The number of methoxy groups -OCH3 is 1. The first-order chi connectivity index (χ1) is 15.1. The van der Waals surface area contributed by atoms with Crippen molar-refractivity contribution in [3.63, 3.8) is 0 Å². The quantitative estimate of drug-likeness (QED) is 0.413. The predicted molar refractivity (Wildman–Crippen MR) is 119 cm³/mol. The summed E-state index contributed by atoms with van der Waals surface area (Å²) in [6, 6.07) is 17.2. The molecule has 3 aromatic rings. The van der Waals surface area contributed by atoms with Gasteiger partial charge < -0.3 is 15.2 Å². The first-order valence-electron chi connectivity index (χ1n) is 9.52. The Morgan fingerprint density at radius 1 is 1.06 bits per heavy atom. The van der Waals surface area contributed by atoms with Gasteiger partial charge in [0.15, 0.2) is 0 Å². The Bertz CT molecular complexity index is 1120. The lowest BCUT2D eigenvalue weighted by atomic mass is 9.97. The Morgan fingerprint density at radius 2 is 1.81 bits per heavy atom. The van der Waals surface area contributed by atoms with E-state index in [0.717, 1.165) is 5.69 Å². The van der Waals surface area contributed by atoms with Crippen LogP contribution in [0.15, 0.2) is 53.7 Å². The number of rotatable bonds is 8. The molecule has 1 atom stereocenters. The largest absolute Gasteiger partial charge is 0.491 e. The highest BCUT2D eigenvalue weighted by atomic mass is 32.2. The number of ether oxygens (including phenoxy) is 2. The summed E-state index contributed by atoms with van der Waals surface area (Å²) in [5.74, 6) is 0.755. The fourth-order valence-corrected chi connectivity index (χ4v) is 3.99. The standard InChI is InChI=1S/C23H21N5O2S/c1-15(20-5-3-4-10-27-20)31-23-19(14-25)21(18(13-24)22(26)28-23)16-6-8-17(9-7-16)30-12-11-29-2/h3-10,15H,11-12H2,1-2H3,(H2,26,28)/t15-/m0/s1. The minimum absolute atomic E-state index is 0.0578. The van der Waals surface area contributed by atoms with Crippen molar-refractivity contribution in [3.8, 4) is 29.0 Å². The lowest BCUT2D eigenvalue weighted by molar-refractivity contribution is 0.146. The summed E-state index contributed by atoms with van der Waals surface area (Å²) in [5, 5.41) is 20.0. The van der Waals surface area contributed by atoms with Gasteiger partial charge in [0.25, 0.3) is 0 Å². The molecule has 0 aliphatic rings. The molecule has 3 rings (SSSR count). The SMILES string of the molecule is COCCOc1ccc(-c2c(C#N)c(N)nc(S[C@@H](C)c3ccccn3)c2C#N)cc1. The number of aromatic nitrogens is 2. The number of hydrogen-bond acceptors (Lipinski definition) is 8. The molecular weight excluding hydrogens is 410 g/mol. The van der Waals surface area contributed by atoms with Crippen LogP contribution in [-0.2, 0) is 4.74 Å².